The van der Waals surface area contributed by atoms with E-state index in [9.17, 15) is 13.6 Å². The zero-order valence-electron chi connectivity index (χ0n) is 16.5. The fraction of sp³-hybridized carbons (Fsp3) is 0.368. The first-order chi connectivity index (χ1) is 14.4. The molecule has 4 rings (SSSR count). The lowest BCUT2D eigenvalue weighted by atomic mass is 9.94. The van der Waals surface area contributed by atoms with Gasteiger partial charge >= 0.3 is 6.03 Å². The predicted octanol–water partition coefficient (Wildman–Crippen LogP) is 2.03. The van der Waals surface area contributed by atoms with Crippen LogP contribution in [-0.4, -0.2) is 45.2 Å². The maximum absolute atomic E-state index is 13.8. The molecule has 11 heteroatoms. The van der Waals surface area contributed by atoms with Crippen molar-refractivity contribution in [3.05, 3.63) is 42.0 Å². The molecule has 1 aliphatic rings. The van der Waals surface area contributed by atoms with Crippen LogP contribution in [0.25, 0.3) is 11.0 Å². The average molecular weight is 417 g/mol. The number of benzene rings is 1. The number of nitrogens with two attached hydrogens (primary N) is 1. The van der Waals surface area contributed by atoms with Gasteiger partial charge in [0, 0.05) is 31.8 Å². The number of ether oxygens (including phenoxy) is 1. The van der Waals surface area contributed by atoms with Crippen LogP contribution < -0.4 is 20.7 Å². The molecule has 0 radical (unpaired) electrons. The van der Waals surface area contributed by atoms with Gasteiger partial charge < -0.3 is 25.3 Å². The summed E-state index contributed by atoms with van der Waals surface area (Å²) in [6, 6.07) is 0.829. The molecule has 1 saturated heterocycles. The van der Waals surface area contributed by atoms with Crippen LogP contribution in [0.1, 0.15) is 24.6 Å². The lowest BCUT2D eigenvalue weighted by Gasteiger charge is -2.40. The number of methoxy groups -OCH3 is 1. The van der Waals surface area contributed by atoms with Crippen LogP contribution in [0.2, 0.25) is 0 Å². The van der Waals surface area contributed by atoms with E-state index in [1.807, 2.05) is 11.6 Å². The number of carbonyl (C=O) groups is 1. The number of amides is 2. The maximum atomic E-state index is 13.8. The third kappa shape index (κ3) is 3.58. The maximum Gasteiger partial charge on any atom is 0.312 e. The predicted molar refractivity (Wildman–Crippen MR) is 105 cm³/mol. The van der Waals surface area contributed by atoms with E-state index >= 15 is 0 Å². The molecule has 0 saturated carbocycles. The summed E-state index contributed by atoms with van der Waals surface area (Å²) in [5.41, 5.74) is 6.16. The average Bonchev–Trinajstić information content (AvgIpc) is 3.13. The second-order valence-corrected chi connectivity index (χ2v) is 7.17. The number of halogens is 2. The Morgan fingerprint density at radius 2 is 1.97 bits per heavy atom. The second kappa shape index (κ2) is 7.73. The van der Waals surface area contributed by atoms with E-state index in [4.69, 9.17) is 10.5 Å². The van der Waals surface area contributed by atoms with E-state index < -0.39 is 17.7 Å². The molecule has 1 fully saturated rings. The number of nitrogens with zero attached hydrogens (tertiary/aromatic N) is 5. The Morgan fingerprint density at radius 1 is 1.27 bits per heavy atom. The molecule has 0 spiro atoms. The number of rotatable bonds is 4. The molecule has 3 aromatic rings. The van der Waals surface area contributed by atoms with Gasteiger partial charge in [-0.3, -0.25) is 0 Å². The molecule has 3 N–H and O–H groups in total. The summed E-state index contributed by atoms with van der Waals surface area (Å²) in [7, 11) is 3.31. The number of aromatic nitrogens is 4. The number of carbonyl (C=O) groups excluding carboxylic acids is 1. The summed E-state index contributed by atoms with van der Waals surface area (Å²) in [6.45, 7) is 0.579. The lowest BCUT2D eigenvalue weighted by molar-refractivity contribution is 0.240. The van der Waals surface area contributed by atoms with E-state index in [1.165, 1.54) is 7.11 Å². The number of imidazole rings is 1. The molecule has 30 heavy (non-hydrogen) atoms. The first-order valence-corrected chi connectivity index (χ1v) is 9.37. The highest BCUT2D eigenvalue weighted by molar-refractivity contribution is 5.75. The van der Waals surface area contributed by atoms with Crippen molar-refractivity contribution in [2.75, 3.05) is 18.6 Å². The smallest absolute Gasteiger partial charge is 0.312 e. The van der Waals surface area contributed by atoms with Gasteiger partial charge in [0.2, 0.25) is 5.88 Å². The third-order valence-electron chi connectivity index (χ3n) is 5.24. The normalized spacial score (nSPS) is 19.1. The van der Waals surface area contributed by atoms with Crippen LogP contribution in [0.4, 0.5) is 19.4 Å². The van der Waals surface area contributed by atoms with Gasteiger partial charge in [0.25, 0.3) is 0 Å². The van der Waals surface area contributed by atoms with Gasteiger partial charge in [-0.25, -0.2) is 28.5 Å². The first kappa shape index (κ1) is 19.8. The van der Waals surface area contributed by atoms with Crippen molar-refractivity contribution < 1.29 is 18.3 Å². The van der Waals surface area contributed by atoms with Crippen molar-refractivity contribution in [2.45, 2.75) is 24.9 Å². The quantitative estimate of drug-likeness (QED) is 0.672. The first-order valence-electron chi connectivity index (χ1n) is 9.37. The highest BCUT2D eigenvalue weighted by Crippen LogP contribution is 2.38. The highest BCUT2D eigenvalue weighted by atomic mass is 19.2. The largest absolute Gasteiger partial charge is 0.480 e. The van der Waals surface area contributed by atoms with Crippen LogP contribution in [-0.2, 0) is 7.05 Å². The highest BCUT2D eigenvalue weighted by Gasteiger charge is 2.35. The third-order valence-corrected chi connectivity index (χ3v) is 5.24. The van der Waals surface area contributed by atoms with Crippen LogP contribution >= 0.6 is 0 Å². The minimum absolute atomic E-state index is 0.184. The molecule has 1 aliphatic heterocycles. The molecule has 2 unspecified atom stereocenters. The van der Waals surface area contributed by atoms with Crippen molar-refractivity contribution in [3.63, 3.8) is 0 Å². The minimum atomic E-state index is -1.01. The minimum Gasteiger partial charge on any atom is -0.480 e. The second-order valence-electron chi connectivity index (χ2n) is 7.17. The molecule has 2 amide bonds. The fourth-order valence-corrected chi connectivity index (χ4v) is 3.87. The van der Waals surface area contributed by atoms with Gasteiger partial charge in [-0.05, 0) is 12.8 Å². The van der Waals surface area contributed by atoms with E-state index in [0.29, 0.717) is 25.1 Å². The summed E-state index contributed by atoms with van der Waals surface area (Å²) < 4.78 is 34.8. The van der Waals surface area contributed by atoms with Crippen molar-refractivity contribution in [1.82, 2.24) is 24.8 Å². The van der Waals surface area contributed by atoms with Crippen molar-refractivity contribution in [1.29, 1.82) is 0 Å². The number of nitrogens with one attached hydrogen (secondary N) is 1. The number of fused-ring (bicyclic) bond motifs is 1. The molecule has 2 atom stereocenters. The zero-order chi connectivity index (χ0) is 21.4. The van der Waals surface area contributed by atoms with Crippen molar-refractivity contribution in [2.24, 2.45) is 12.8 Å². The Balaban J connectivity index is 1.83. The van der Waals surface area contributed by atoms with Crippen LogP contribution in [0.15, 0.2) is 24.7 Å². The van der Waals surface area contributed by atoms with E-state index in [1.54, 1.807) is 12.5 Å². The van der Waals surface area contributed by atoms with Gasteiger partial charge in [0.15, 0.2) is 11.6 Å². The number of anilines is 1. The van der Waals surface area contributed by atoms with Gasteiger partial charge in [-0.2, -0.15) is 0 Å². The van der Waals surface area contributed by atoms with Crippen LogP contribution in [0, 0.1) is 11.6 Å². The SMILES string of the molecule is COc1nc2cc(F)c(F)cc2nc1C1CC(NC(N)=O)CCN1c1cncn1C. The topological polar surface area (TPSA) is 111 Å². The van der Waals surface area contributed by atoms with Gasteiger partial charge in [0.05, 0.1) is 36.7 Å². The van der Waals surface area contributed by atoms with Crippen LogP contribution in [0.3, 0.4) is 0 Å². The Morgan fingerprint density at radius 3 is 2.57 bits per heavy atom. The zero-order valence-corrected chi connectivity index (χ0v) is 16.5. The summed E-state index contributed by atoms with van der Waals surface area (Å²) in [5.74, 6) is -0.975. The molecule has 9 nitrogen and oxygen atoms in total. The Kier molecular flexibility index (Phi) is 5.10. The van der Waals surface area contributed by atoms with Crippen molar-refractivity contribution in [3.8, 4) is 5.88 Å². The number of aryl methyl sites for hydroxylation is 1. The Labute approximate surface area is 170 Å². The summed E-state index contributed by atoms with van der Waals surface area (Å²) in [4.78, 5) is 26.6. The standard InChI is InChI=1S/C19H21F2N7O2/c1-27-9-23-8-16(27)28-4-3-10(24-19(22)29)5-15(28)17-18(30-2)26-14-7-12(21)11(20)6-13(14)25-17/h6-10,15H,3-5H2,1-2H3,(H3,22,24,29). The Bertz CT molecular complexity index is 1100. The Hall–Kier alpha value is -3.50. The lowest BCUT2D eigenvalue weighted by Crippen LogP contribution is -2.48. The van der Waals surface area contributed by atoms with E-state index in [0.717, 1.165) is 18.0 Å². The summed E-state index contributed by atoms with van der Waals surface area (Å²) in [6.07, 6.45) is 4.54. The monoisotopic (exact) mass is 417 g/mol. The molecule has 2 aromatic heterocycles. The molecule has 1 aromatic carbocycles. The van der Waals surface area contributed by atoms with Gasteiger partial charge in [-0.15, -0.1) is 0 Å². The van der Waals surface area contributed by atoms with E-state index in [-0.39, 0.29) is 29.0 Å². The van der Waals surface area contributed by atoms with Crippen molar-refractivity contribution >= 4 is 22.9 Å². The number of urea groups is 1. The summed E-state index contributed by atoms with van der Waals surface area (Å²) >= 11 is 0. The molecular weight excluding hydrogens is 396 g/mol. The molecule has 0 aliphatic carbocycles. The number of hydrogen-bond acceptors (Lipinski definition) is 6. The fourth-order valence-electron chi connectivity index (χ4n) is 3.87. The van der Waals surface area contributed by atoms with Gasteiger partial charge in [0.1, 0.15) is 11.5 Å². The molecule has 0 bridgehead atoms. The molecule has 3 heterocycles. The number of piperidine rings is 1. The number of primary amides is 1. The molecular formula is C19H21F2N7O2. The van der Waals surface area contributed by atoms with E-state index in [2.05, 4.69) is 25.2 Å². The summed E-state index contributed by atoms with van der Waals surface area (Å²) in [5, 5.41) is 2.74. The van der Waals surface area contributed by atoms with Crippen LogP contribution in [0.5, 0.6) is 5.88 Å². The molecule has 158 valence electrons. The van der Waals surface area contributed by atoms with Gasteiger partial charge in [-0.1, -0.05) is 0 Å². The number of hydrogen-bond donors (Lipinski definition) is 2.